The quantitative estimate of drug-likeness (QED) is 0.734. The van der Waals surface area contributed by atoms with E-state index in [9.17, 15) is 9.59 Å². The van der Waals surface area contributed by atoms with Crippen molar-refractivity contribution in [3.05, 3.63) is 57.9 Å². The van der Waals surface area contributed by atoms with E-state index < -0.39 is 0 Å². The van der Waals surface area contributed by atoms with Gasteiger partial charge in [-0.3, -0.25) is 9.59 Å². The molecule has 0 bridgehead atoms. The highest BCUT2D eigenvalue weighted by Gasteiger charge is 2.04. The Morgan fingerprint density at radius 3 is 2.75 bits per heavy atom. The maximum absolute atomic E-state index is 11.6. The fraction of sp³-hybridized carbons (Fsp3) is 0.167. The van der Waals surface area contributed by atoms with Gasteiger partial charge in [0.2, 0.25) is 0 Å². The monoisotopic (exact) mass is 217 g/mol. The third-order valence-corrected chi connectivity index (χ3v) is 2.38. The van der Waals surface area contributed by atoms with Crippen molar-refractivity contribution in [2.45, 2.75) is 13.5 Å². The van der Waals surface area contributed by atoms with Crippen LogP contribution in [0.25, 0.3) is 0 Å². The molecule has 0 atom stereocenters. The van der Waals surface area contributed by atoms with Crippen LogP contribution in [-0.2, 0) is 6.54 Å². The average Bonchev–Trinajstić information content (AvgIpc) is 2.71. The molecule has 0 spiro atoms. The Morgan fingerprint density at radius 1 is 1.31 bits per heavy atom. The van der Waals surface area contributed by atoms with E-state index in [4.69, 9.17) is 4.42 Å². The van der Waals surface area contributed by atoms with Crippen LogP contribution in [0.15, 0.2) is 39.5 Å². The Bertz CT molecular complexity index is 566. The Hall–Kier alpha value is -2.10. The Morgan fingerprint density at radius 2 is 2.12 bits per heavy atom. The second-order valence-corrected chi connectivity index (χ2v) is 3.51. The van der Waals surface area contributed by atoms with Crippen LogP contribution in [0.3, 0.4) is 0 Å². The van der Waals surface area contributed by atoms with Crippen molar-refractivity contribution in [1.82, 2.24) is 4.57 Å². The number of nitrogens with zero attached hydrogens (tertiary/aromatic N) is 1. The average molecular weight is 217 g/mol. The highest BCUT2D eigenvalue weighted by molar-refractivity contribution is 5.70. The van der Waals surface area contributed by atoms with Crippen LogP contribution in [0, 0.1) is 6.92 Å². The lowest BCUT2D eigenvalue weighted by atomic mass is 10.3. The standard InChI is InChI=1S/C12H11NO3/c1-9-3-2-4-12(15)13(9)7-10-5-6-11(8-14)16-10/h2-6,8H,7H2,1H3. The molecule has 0 saturated heterocycles. The van der Waals surface area contributed by atoms with Gasteiger partial charge < -0.3 is 8.98 Å². The summed E-state index contributed by atoms with van der Waals surface area (Å²) in [4.78, 5) is 22.0. The van der Waals surface area contributed by atoms with E-state index in [1.165, 1.54) is 6.07 Å². The van der Waals surface area contributed by atoms with Gasteiger partial charge in [-0.1, -0.05) is 6.07 Å². The van der Waals surface area contributed by atoms with Gasteiger partial charge in [-0.25, -0.2) is 0 Å². The highest BCUT2D eigenvalue weighted by atomic mass is 16.3. The maximum atomic E-state index is 11.6. The molecule has 0 aliphatic heterocycles. The Kier molecular flexibility index (Phi) is 2.72. The predicted octanol–water partition coefficient (Wildman–Crippen LogP) is 1.61. The molecular weight excluding hydrogens is 206 g/mol. The molecule has 2 aromatic heterocycles. The van der Waals surface area contributed by atoms with Crippen LogP contribution < -0.4 is 5.56 Å². The molecule has 0 unspecified atom stereocenters. The molecule has 0 radical (unpaired) electrons. The molecule has 0 aromatic carbocycles. The van der Waals surface area contributed by atoms with Crippen molar-refractivity contribution in [2.24, 2.45) is 0 Å². The van der Waals surface area contributed by atoms with Gasteiger partial charge in [-0.2, -0.15) is 0 Å². The summed E-state index contributed by atoms with van der Waals surface area (Å²) < 4.78 is 6.81. The van der Waals surface area contributed by atoms with Crippen molar-refractivity contribution in [1.29, 1.82) is 0 Å². The van der Waals surface area contributed by atoms with Crippen LogP contribution in [0.2, 0.25) is 0 Å². The number of aromatic nitrogens is 1. The van der Waals surface area contributed by atoms with E-state index in [2.05, 4.69) is 0 Å². The number of hydrogen-bond donors (Lipinski definition) is 0. The summed E-state index contributed by atoms with van der Waals surface area (Å²) in [7, 11) is 0. The minimum atomic E-state index is -0.0796. The van der Waals surface area contributed by atoms with Crippen LogP contribution in [0.1, 0.15) is 22.0 Å². The van der Waals surface area contributed by atoms with Gasteiger partial charge in [0.05, 0.1) is 6.54 Å². The second kappa shape index (κ2) is 4.18. The van der Waals surface area contributed by atoms with Crippen LogP contribution >= 0.6 is 0 Å². The smallest absolute Gasteiger partial charge is 0.251 e. The van der Waals surface area contributed by atoms with Crippen LogP contribution in [-0.4, -0.2) is 10.9 Å². The fourth-order valence-corrected chi connectivity index (χ4v) is 1.52. The van der Waals surface area contributed by atoms with Crippen molar-refractivity contribution in [3.8, 4) is 0 Å². The highest BCUT2D eigenvalue weighted by Crippen LogP contribution is 2.07. The lowest BCUT2D eigenvalue weighted by Gasteiger charge is -2.06. The van der Waals surface area contributed by atoms with Crippen molar-refractivity contribution >= 4 is 6.29 Å². The first kappa shape index (κ1) is 10.4. The molecule has 0 fully saturated rings. The maximum Gasteiger partial charge on any atom is 0.251 e. The molecule has 4 heteroatoms. The summed E-state index contributed by atoms with van der Waals surface area (Å²) >= 11 is 0. The van der Waals surface area contributed by atoms with Gasteiger partial charge in [0, 0.05) is 11.8 Å². The number of aryl methyl sites for hydroxylation is 1. The molecule has 0 saturated carbocycles. The number of hydrogen-bond acceptors (Lipinski definition) is 3. The van der Waals surface area contributed by atoms with Crippen molar-refractivity contribution in [2.75, 3.05) is 0 Å². The van der Waals surface area contributed by atoms with E-state index in [0.717, 1.165) is 5.69 Å². The molecular formula is C12H11NO3. The van der Waals surface area contributed by atoms with Crippen LogP contribution in [0.4, 0.5) is 0 Å². The van der Waals surface area contributed by atoms with Crippen molar-refractivity contribution < 1.29 is 9.21 Å². The first-order chi connectivity index (χ1) is 7.70. The van der Waals surface area contributed by atoms with E-state index in [-0.39, 0.29) is 11.3 Å². The number of rotatable bonds is 3. The second-order valence-electron chi connectivity index (χ2n) is 3.51. The van der Waals surface area contributed by atoms with Gasteiger partial charge in [0.15, 0.2) is 12.0 Å². The molecule has 0 N–H and O–H groups in total. The van der Waals surface area contributed by atoms with Gasteiger partial charge in [-0.15, -0.1) is 0 Å². The van der Waals surface area contributed by atoms with Gasteiger partial charge >= 0.3 is 0 Å². The lowest BCUT2D eigenvalue weighted by molar-refractivity contribution is 0.109. The summed E-state index contributed by atoms with van der Waals surface area (Å²) in [5, 5.41) is 0. The van der Waals surface area contributed by atoms with Gasteiger partial charge in [-0.05, 0) is 25.1 Å². The third kappa shape index (κ3) is 1.95. The number of furan rings is 1. The van der Waals surface area contributed by atoms with E-state index >= 15 is 0 Å². The number of carbonyl (C=O) groups is 1. The van der Waals surface area contributed by atoms with Gasteiger partial charge in [0.25, 0.3) is 5.56 Å². The normalized spacial score (nSPS) is 10.3. The summed E-state index contributed by atoms with van der Waals surface area (Å²) in [6.07, 6.45) is 0.643. The minimum Gasteiger partial charge on any atom is -0.456 e. The number of carbonyl (C=O) groups excluding carboxylic acids is 1. The summed E-state index contributed by atoms with van der Waals surface area (Å²) in [6, 6.07) is 8.35. The zero-order chi connectivity index (χ0) is 11.5. The zero-order valence-corrected chi connectivity index (χ0v) is 8.84. The molecule has 2 rings (SSSR count). The minimum absolute atomic E-state index is 0.0796. The summed E-state index contributed by atoms with van der Waals surface area (Å²) in [6.45, 7) is 2.20. The van der Waals surface area contributed by atoms with E-state index in [1.54, 1.807) is 22.8 Å². The first-order valence-corrected chi connectivity index (χ1v) is 4.91. The molecule has 0 aliphatic rings. The number of aldehydes is 1. The SMILES string of the molecule is Cc1cccc(=O)n1Cc1ccc(C=O)o1. The third-order valence-electron chi connectivity index (χ3n) is 2.38. The fourth-order valence-electron chi connectivity index (χ4n) is 1.52. The molecule has 16 heavy (non-hydrogen) atoms. The van der Waals surface area contributed by atoms with E-state index in [0.29, 0.717) is 18.6 Å². The van der Waals surface area contributed by atoms with Gasteiger partial charge in [0.1, 0.15) is 5.76 Å². The summed E-state index contributed by atoms with van der Waals surface area (Å²) in [5.41, 5.74) is 0.778. The molecule has 2 aromatic rings. The molecule has 0 amide bonds. The first-order valence-electron chi connectivity index (χ1n) is 4.91. The largest absolute Gasteiger partial charge is 0.456 e. The molecule has 4 nitrogen and oxygen atoms in total. The van der Waals surface area contributed by atoms with Crippen molar-refractivity contribution in [3.63, 3.8) is 0 Å². The lowest BCUT2D eigenvalue weighted by Crippen LogP contribution is -2.21. The zero-order valence-electron chi connectivity index (χ0n) is 8.84. The number of pyridine rings is 1. The Labute approximate surface area is 92.1 Å². The predicted molar refractivity (Wildman–Crippen MR) is 58.6 cm³/mol. The van der Waals surface area contributed by atoms with Crippen LogP contribution in [0.5, 0.6) is 0 Å². The molecule has 0 aliphatic carbocycles. The topological polar surface area (TPSA) is 52.2 Å². The molecule has 2 heterocycles. The van der Waals surface area contributed by atoms with E-state index in [1.807, 2.05) is 13.0 Å². The summed E-state index contributed by atoms with van der Waals surface area (Å²) in [5.74, 6) is 0.870. The molecule has 82 valence electrons. The Balaban J connectivity index is 2.33.